The summed E-state index contributed by atoms with van der Waals surface area (Å²) in [5.41, 5.74) is 0.236. The predicted octanol–water partition coefficient (Wildman–Crippen LogP) is 4.52. The lowest BCUT2D eigenvalue weighted by Gasteiger charge is -2.28. The van der Waals surface area contributed by atoms with Gasteiger partial charge >= 0.3 is 0 Å². The molecule has 0 heterocycles. The molecule has 0 spiro atoms. The van der Waals surface area contributed by atoms with Crippen LogP contribution in [0.2, 0.25) is 0 Å². The van der Waals surface area contributed by atoms with Crippen LogP contribution in [0, 0.1) is 28.9 Å². The Morgan fingerprint density at radius 2 is 1.83 bits per heavy atom. The second-order valence-corrected chi connectivity index (χ2v) is 5.07. The van der Waals surface area contributed by atoms with Crippen molar-refractivity contribution in [2.45, 2.75) is 44.9 Å². The Bertz CT molecular complexity index is 468. The smallest absolute Gasteiger partial charge is 0.176 e. The minimum atomic E-state index is -0.993. The molecule has 1 nitrogen and oxygen atoms in total. The van der Waals surface area contributed by atoms with Crippen molar-refractivity contribution in [1.29, 1.82) is 5.26 Å². The summed E-state index contributed by atoms with van der Waals surface area (Å²) in [6, 6.07) is 4.63. The van der Waals surface area contributed by atoms with Crippen molar-refractivity contribution in [3.8, 4) is 6.07 Å². The quantitative estimate of drug-likeness (QED) is 0.756. The third kappa shape index (κ3) is 2.38. The predicted molar refractivity (Wildman–Crippen MR) is 66.1 cm³/mol. The Hall–Kier alpha value is -1.43. The van der Waals surface area contributed by atoms with Gasteiger partial charge in [-0.3, -0.25) is 0 Å². The van der Waals surface area contributed by atoms with Gasteiger partial charge in [-0.15, -0.1) is 0 Å². The summed E-state index contributed by atoms with van der Waals surface area (Å²) in [4.78, 5) is 0. The van der Waals surface area contributed by atoms with Gasteiger partial charge in [0.1, 0.15) is 6.07 Å². The lowest BCUT2D eigenvalue weighted by Crippen LogP contribution is -2.14. The molecule has 0 bridgehead atoms. The summed E-state index contributed by atoms with van der Waals surface area (Å²) in [6.07, 6.45) is 5.17. The van der Waals surface area contributed by atoms with E-state index < -0.39 is 11.6 Å². The SMILES string of the molecule is CCC1CCC(c2ccc(C#N)c(F)c2F)CC1. The van der Waals surface area contributed by atoms with E-state index in [1.165, 1.54) is 6.07 Å². The number of benzene rings is 1. The third-order valence-corrected chi connectivity index (χ3v) is 4.10. The van der Waals surface area contributed by atoms with Crippen LogP contribution in [0.5, 0.6) is 0 Å². The number of hydrogen-bond acceptors (Lipinski definition) is 1. The molecule has 0 aromatic heterocycles. The van der Waals surface area contributed by atoms with E-state index >= 15 is 0 Å². The van der Waals surface area contributed by atoms with Crippen molar-refractivity contribution in [2.75, 3.05) is 0 Å². The van der Waals surface area contributed by atoms with Crippen LogP contribution in [0.3, 0.4) is 0 Å². The highest BCUT2D eigenvalue weighted by Crippen LogP contribution is 2.38. The molecule has 3 heteroatoms. The Morgan fingerprint density at radius 1 is 1.17 bits per heavy atom. The van der Waals surface area contributed by atoms with E-state index in [0.717, 1.165) is 38.0 Å². The molecule has 0 radical (unpaired) electrons. The summed E-state index contributed by atoms with van der Waals surface area (Å²) < 4.78 is 27.4. The first-order chi connectivity index (χ1) is 8.67. The van der Waals surface area contributed by atoms with E-state index in [-0.39, 0.29) is 11.5 Å². The standard InChI is InChI=1S/C15H17F2N/c1-2-10-3-5-11(6-4-10)13-8-7-12(9-18)14(16)15(13)17/h7-8,10-11H,2-6H2,1H3. The van der Waals surface area contributed by atoms with E-state index in [0.29, 0.717) is 5.56 Å². The zero-order valence-electron chi connectivity index (χ0n) is 10.5. The molecule has 1 aliphatic carbocycles. The van der Waals surface area contributed by atoms with Gasteiger partial charge in [0, 0.05) is 0 Å². The molecule has 1 fully saturated rings. The first-order valence-electron chi connectivity index (χ1n) is 6.55. The molecular formula is C15H17F2N. The molecule has 0 amide bonds. The fraction of sp³-hybridized carbons (Fsp3) is 0.533. The lowest BCUT2D eigenvalue weighted by molar-refractivity contribution is 0.312. The van der Waals surface area contributed by atoms with Crippen LogP contribution in [-0.2, 0) is 0 Å². The molecule has 2 rings (SSSR count). The Labute approximate surface area is 106 Å². The van der Waals surface area contributed by atoms with Gasteiger partial charge in [0.05, 0.1) is 5.56 Å². The maximum atomic E-state index is 13.9. The van der Waals surface area contributed by atoms with Gasteiger partial charge in [-0.1, -0.05) is 19.4 Å². The van der Waals surface area contributed by atoms with Crippen LogP contribution in [0.25, 0.3) is 0 Å². The van der Waals surface area contributed by atoms with E-state index in [9.17, 15) is 8.78 Å². The number of halogens is 2. The highest BCUT2D eigenvalue weighted by molar-refractivity contribution is 5.36. The Balaban J connectivity index is 2.20. The van der Waals surface area contributed by atoms with Gasteiger partial charge in [-0.25, -0.2) is 8.78 Å². The van der Waals surface area contributed by atoms with Crippen LogP contribution in [-0.4, -0.2) is 0 Å². The molecule has 0 unspecified atom stereocenters. The normalized spacial score (nSPS) is 23.7. The summed E-state index contributed by atoms with van der Waals surface area (Å²) in [6.45, 7) is 2.17. The monoisotopic (exact) mass is 249 g/mol. The molecule has 96 valence electrons. The number of rotatable bonds is 2. The molecule has 1 aromatic carbocycles. The van der Waals surface area contributed by atoms with Gasteiger partial charge < -0.3 is 0 Å². The lowest BCUT2D eigenvalue weighted by atomic mass is 9.77. The third-order valence-electron chi connectivity index (χ3n) is 4.10. The number of hydrogen-bond donors (Lipinski definition) is 0. The largest absolute Gasteiger partial charge is 0.203 e. The zero-order chi connectivity index (χ0) is 13.1. The average Bonchev–Trinajstić information content (AvgIpc) is 2.42. The van der Waals surface area contributed by atoms with E-state index in [1.807, 2.05) is 0 Å². The van der Waals surface area contributed by atoms with Crippen molar-refractivity contribution in [3.05, 3.63) is 34.9 Å². The summed E-state index contributed by atoms with van der Waals surface area (Å²) in [5, 5.41) is 8.65. The van der Waals surface area contributed by atoms with Crippen molar-refractivity contribution in [3.63, 3.8) is 0 Å². The van der Waals surface area contributed by atoms with Crippen LogP contribution in [0.1, 0.15) is 56.1 Å². The summed E-state index contributed by atoms with van der Waals surface area (Å²) in [7, 11) is 0. The minimum Gasteiger partial charge on any atom is -0.203 e. The zero-order valence-corrected chi connectivity index (χ0v) is 10.5. The Morgan fingerprint density at radius 3 is 2.39 bits per heavy atom. The van der Waals surface area contributed by atoms with Crippen LogP contribution < -0.4 is 0 Å². The summed E-state index contributed by atoms with van der Waals surface area (Å²) >= 11 is 0. The molecule has 0 saturated heterocycles. The van der Waals surface area contributed by atoms with Crippen molar-refractivity contribution >= 4 is 0 Å². The number of nitriles is 1. The molecule has 0 atom stereocenters. The molecule has 1 aliphatic rings. The van der Waals surface area contributed by atoms with Gasteiger partial charge in [-0.2, -0.15) is 5.26 Å². The fourth-order valence-corrected chi connectivity index (χ4v) is 2.85. The van der Waals surface area contributed by atoms with Crippen molar-refractivity contribution in [2.24, 2.45) is 5.92 Å². The van der Waals surface area contributed by atoms with Crippen molar-refractivity contribution < 1.29 is 8.78 Å². The number of nitrogens with zero attached hydrogens (tertiary/aromatic N) is 1. The van der Waals surface area contributed by atoms with Gasteiger partial charge in [-0.05, 0) is 49.1 Å². The molecular weight excluding hydrogens is 232 g/mol. The highest BCUT2D eigenvalue weighted by atomic mass is 19.2. The summed E-state index contributed by atoms with van der Waals surface area (Å²) in [5.74, 6) is -0.982. The highest BCUT2D eigenvalue weighted by Gasteiger charge is 2.25. The molecule has 1 aromatic rings. The van der Waals surface area contributed by atoms with Crippen LogP contribution in [0.15, 0.2) is 12.1 Å². The maximum absolute atomic E-state index is 13.9. The van der Waals surface area contributed by atoms with Gasteiger partial charge in [0.15, 0.2) is 11.6 Å². The fourth-order valence-electron chi connectivity index (χ4n) is 2.85. The van der Waals surface area contributed by atoms with Crippen LogP contribution >= 0.6 is 0 Å². The molecule has 0 aliphatic heterocycles. The van der Waals surface area contributed by atoms with E-state index in [1.54, 1.807) is 12.1 Å². The minimum absolute atomic E-state index is 0.107. The second kappa shape index (κ2) is 5.48. The average molecular weight is 249 g/mol. The van der Waals surface area contributed by atoms with E-state index in [4.69, 9.17) is 5.26 Å². The first-order valence-corrected chi connectivity index (χ1v) is 6.55. The van der Waals surface area contributed by atoms with Crippen LogP contribution in [0.4, 0.5) is 8.78 Å². The van der Waals surface area contributed by atoms with Gasteiger partial charge in [0.2, 0.25) is 0 Å². The van der Waals surface area contributed by atoms with Gasteiger partial charge in [0.25, 0.3) is 0 Å². The molecule has 18 heavy (non-hydrogen) atoms. The maximum Gasteiger partial charge on any atom is 0.176 e. The second-order valence-electron chi connectivity index (χ2n) is 5.07. The van der Waals surface area contributed by atoms with Crippen molar-refractivity contribution in [1.82, 2.24) is 0 Å². The van der Waals surface area contributed by atoms with E-state index in [2.05, 4.69) is 6.92 Å². The first kappa shape index (κ1) is 13.0. The Kier molecular flexibility index (Phi) is 3.96. The molecule has 0 N–H and O–H groups in total. The molecule has 1 saturated carbocycles. The topological polar surface area (TPSA) is 23.8 Å².